The second-order valence-electron chi connectivity index (χ2n) is 6.38. The van der Waals surface area contributed by atoms with Gasteiger partial charge in [-0.3, -0.25) is 4.40 Å². The summed E-state index contributed by atoms with van der Waals surface area (Å²) in [6, 6.07) is 17.9. The van der Waals surface area contributed by atoms with Gasteiger partial charge in [-0.15, -0.1) is 11.3 Å². The summed E-state index contributed by atoms with van der Waals surface area (Å²) in [6.07, 6.45) is 1.81. The molecule has 4 rings (SSSR count). The molecule has 0 saturated heterocycles. The molecule has 0 unspecified atom stereocenters. The molecular formula is C22H20N2O2S. The number of aromatic carboxylic acids is 1. The molecule has 4 aromatic rings. The molecule has 2 aromatic heterocycles. The lowest BCUT2D eigenvalue weighted by atomic mass is 10.1. The lowest BCUT2D eigenvalue weighted by Crippen LogP contribution is -2.05. The zero-order chi connectivity index (χ0) is 19.0. The van der Waals surface area contributed by atoms with E-state index < -0.39 is 5.97 Å². The first-order valence-electron chi connectivity index (χ1n) is 9.06. The van der Waals surface area contributed by atoms with Gasteiger partial charge in [-0.2, -0.15) is 0 Å². The van der Waals surface area contributed by atoms with Crippen LogP contribution in [0.4, 0.5) is 0 Å². The van der Waals surface area contributed by atoms with Crippen LogP contribution in [-0.4, -0.2) is 20.5 Å². The predicted molar refractivity (Wildman–Crippen MR) is 110 cm³/mol. The highest BCUT2D eigenvalue weighted by Crippen LogP contribution is 2.37. The van der Waals surface area contributed by atoms with Gasteiger partial charge in [0.05, 0.1) is 5.69 Å². The molecule has 0 radical (unpaired) electrons. The van der Waals surface area contributed by atoms with Gasteiger partial charge in [0.25, 0.3) is 0 Å². The minimum Gasteiger partial charge on any atom is -0.476 e. The number of carbonyl (C=O) groups is 1. The Balaban J connectivity index is 2.02. The normalized spacial score (nSPS) is 11.2. The van der Waals surface area contributed by atoms with Crippen LogP contribution in [0.5, 0.6) is 0 Å². The number of nitrogens with zero attached hydrogens (tertiary/aromatic N) is 2. The number of imidazole rings is 1. The Morgan fingerprint density at radius 3 is 2.30 bits per heavy atom. The van der Waals surface area contributed by atoms with E-state index in [-0.39, 0.29) is 5.69 Å². The number of aromatic nitrogens is 2. The zero-order valence-corrected chi connectivity index (χ0v) is 16.1. The summed E-state index contributed by atoms with van der Waals surface area (Å²) in [5.74, 6) is -0.965. The van der Waals surface area contributed by atoms with Gasteiger partial charge in [0.2, 0.25) is 0 Å². The number of thiazole rings is 1. The molecule has 0 bridgehead atoms. The highest BCUT2D eigenvalue weighted by Gasteiger charge is 2.25. The van der Waals surface area contributed by atoms with Crippen molar-refractivity contribution >= 4 is 22.3 Å². The van der Waals surface area contributed by atoms with Crippen molar-refractivity contribution in [2.24, 2.45) is 0 Å². The summed E-state index contributed by atoms with van der Waals surface area (Å²) in [4.78, 5) is 18.8. The number of hydrogen-bond acceptors (Lipinski definition) is 3. The third kappa shape index (κ3) is 2.94. The van der Waals surface area contributed by atoms with Crippen molar-refractivity contribution in [3.63, 3.8) is 0 Å². The fourth-order valence-electron chi connectivity index (χ4n) is 3.38. The molecule has 0 amide bonds. The lowest BCUT2D eigenvalue weighted by molar-refractivity contribution is 0.0690. The van der Waals surface area contributed by atoms with E-state index in [1.54, 1.807) is 11.3 Å². The summed E-state index contributed by atoms with van der Waals surface area (Å²) in [6.45, 7) is 4.22. The number of carboxylic acids is 1. The molecule has 0 aliphatic rings. The Labute approximate surface area is 161 Å². The smallest absolute Gasteiger partial charge is 0.355 e. The predicted octanol–water partition coefficient (Wildman–Crippen LogP) is 5.55. The fraction of sp³-hybridized carbons (Fsp3) is 0.182. The summed E-state index contributed by atoms with van der Waals surface area (Å²) in [7, 11) is 0. The molecule has 0 spiro atoms. The van der Waals surface area contributed by atoms with Crippen LogP contribution >= 0.6 is 11.3 Å². The number of hydrogen-bond donors (Lipinski definition) is 1. The van der Waals surface area contributed by atoms with E-state index in [0.29, 0.717) is 5.69 Å². The molecule has 2 aromatic carbocycles. The Morgan fingerprint density at radius 2 is 1.70 bits per heavy atom. The first kappa shape index (κ1) is 17.5. The maximum atomic E-state index is 12.2. The summed E-state index contributed by atoms with van der Waals surface area (Å²) >= 11 is 1.56. The van der Waals surface area contributed by atoms with Crippen LogP contribution in [0, 0.1) is 0 Å². The van der Waals surface area contributed by atoms with Crippen molar-refractivity contribution in [3.05, 3.63) is 70.7 Å². The maximum Gasteiger partial charge on any atom is 0.355 e. The van der Waals surface area contributed by atoms with Gasteiger partial charge in [0.1, 0.15) is 5.69 Å². The molecule has 0 saturated carbocycles. The number of rotatable bonds is 5. The van der Waals surface area contributed by atoms with Crippen molar-refractivity contribution in [1.82, 2.24) is 9.38 Å². The maximum absolute atomic E-state index is 12.2. The molecule has 0 fully saturated rings. The van der Waals surface area contributed by atoms with Crippen molar-refractivity contribution in [3.8, 4) is 22.5 Å². The molecule has 0 aliphatic heterocycles. The standard InChI is InChI=1S/C22H20N2O2S/c1-3-14-10-12-16(13-11-14)19-17(4-2)27-22-23-18(15-8-6-5-7-9-15)20(21(25)26)24(19)22/h5-13H,3-4H2,1-2H3,(H,25,26). The van der Waals surface area contributed by atoms with E-state index in [4.69, 9.17) is 4.98 Å². The van der Waals surface area contributed by atoms with Gasteiger partial charge < -0.3 is 5.11 Å². The van der Waals surface area contributed by atoms with E-state index in [1.165, 1.54) is 5.56 Å². The van der Waals surface area contributed by atoms with Crippen molar-refractivity contribution in [2.75, 3.05) is 0 Å². The average molecular weight is 376 g/mol. The Hall–Kier alpha value is -2.92. The monoisotopic (exact) mass is 376 g/mol. The average Bonchev–Trinajstić information content (AvgIpc) is 3.24. The number of fused-ring (bicyclic) bond motifs is 1. The minimum atomic E-state index is -0.965. The first-order chi connectivity index (χ1) is 13.1. The van der Waals surface area contributed by atoms with Crippen molar-refractivity contribution in [2.45, 2.75) is 26.7 Å². The lowest BCUT2D eigenvalue weighted by Gasteiger charge is -2.07. The van der Waals surface area contributed by atoms with E-state index in [0.717, 1.165) is 39.5 Å². The second-order valence-corrected chi connectivity index (χ2v) is 7.44. The Kier molecular flexibility index (Phi) is 4.54. The molecule has 2 heterocycles. The number of benzene rings is 2. The number of aryl methyl sites for hydroxylation is 2. The highest BCUT2D eigenvalue weighted by molar-refractivity contribution is 7.17. The van der Waals surface area contributed by atoms with Gasteiger partial charge in [-0.25, -0.2) is 9.78 Å². The van der Waals surface area contributed by atoms with Gasteiger partial charge in [0, 0.05) is 10.4 Å². The topological polar surface area (TPSA) is 54.6 Å². The van der Waals surface area contributed by atoms with Crippen LogP contribution in [-0.2, 0) is 12.8 Å². The largest absolute Gasteiger partial charge is 0.476 e. The van der Waals surface area contributed by atoms with Gasteiger partial charge in [-0.05, 0) is 24.0 Å². The Morgan fingerprint density at radius 1 is 1.00 bits per heavy atom. The zero-order valence-electron chi connectivity index (χ0n) is 15.3. The second kappa shape index (κ2) is 7.00. The Bertz CT molecular complexity index is 1110. The molecule has 0 aliphatic carbocycles. The molecule has 136 valence electrons. The highest BCUT2D eigenvalue weighted by atomic mass is 32.1. The van der Waals surface area contributed by atoms with Crippen LogP contribution in [0.1, 0.15) is 34.8 Å². The minimum absolute atomic E-state index is 0.224. The van der Waals surface area contributed by atoms with E-state index >= 15 is 0 Å². The van der Waals surface area contributed by atoms with Crippen LogP contribution in [0.25, 0.3) is 27.5 Å². The summed E-state index contributed by atoms with van der Waals surface area (Å²) < 4.78 is 1.81. The van der Waals surface area contributed by atoms with Crippen LogP contribution in [0.15, 0.2) is 54.6 Å². The van der Waals surface area contributed by atoms with Crippen molar-refractivity contribution < 1.29 is 9.90 Å². The SMILES string of the molecule is CCc1ccc(-c2c(CC)sc3nc(-c4ccccc4)c(C(=O)O)n23)cc1. The van der Waals surface area contributed by atoms with E-state index in [1.807, 2.05) is 34.7 Å². The van der Waals surface area contributed by atoms with Gasteiger partial charge in [-0.1, -0.05) is 68.4 Å². The van der Waals surface area contributed by atoms with E-state index in [9.17, 15) is 9.90 Å². The van der Waals surface area contributed by atoms with Gasteiger partial charge in [0.15, 0.2) is 10.7 Å². The fourth-order valence-corrected chi connectivity index (χ4v) is 4.46. The van der Waals surface area contributed by atoms with Crippen molar-refractivity contribution in [1.29, 1.82) is 0 Å². The quantitative estimate of drug-likeness (QED) is 0.497. The molecule has 5 heteroatoms. The molecule has 27 heavy (non-hydrogen) atoms. The van der Waals surface area contributed by atoms with Gasteiger partial charge >= 0.3 is 5.97 Å². The summed E-state index contributed by atoms with van der Waals surface area (Å²) in [5.41, 5.74) is 4.78. The first-order valence-corrected chi connectivity index (χ1v) is 9.87. The van der Waals surface area contributed by atoms with Crippen LogP contribution in [0.3, 0.4) is 0 Å². The third-order valence-corrected chi connectivity index (χ3v) is 5.94. The molecule has 4 nitrogen and oxygen atoms in total. The summed E-state index contributed by atoms with van der Waals surface area (Å²) in [5, 5.41) is 9.99. The van der Waals surface area contributed by atoms with Crippen LogP contribution in [0.2, 0.25) is 0 Å². The van der Waals surface area contributed by atoms with Crippen LogP contribution < -0.4 is 0 Å². The molecule has 0 atom stereocenters. The molecular weight excluding hydrogens is 356 g/mol. The number of carboxylic acid groups (broad SMARTS) is 1. The molecule has 1 N–H and O–H groups in total. The van der Waals surface area contributed by atoms with E-state index in [2.05, 4.69) is 38.1 Å². The third-order valence-electron chi connectivity index (χ3n) is 4.76.